The summed E-state index contributed by atoms with van der Waals surface area (Å²) in [6.45, 7) is 16.6. The maximum Gasteiger partial charge on any atom is -0.00268 e. The van der Waals surface area contributed by atoms with Gasteiger partial charge in [0.2, 0.25) is 0 Å². The van der Waals surface area contributed by atoms with Crippen LogP contribution >= 0.6 is 0 Å². The summed E-state index contributed by atoms with van der Waals surface area (Å²) in [6, 6.07) is 11.0. The highest BCUT2D eigenvalue weighted by molar-refractivity contribution is 5.26. The van der Waals surface area contributed by atoms with E-state index in [1.807, 2.05) is 0 Å². The maximum absolute atomic E-state index is 2.44. The molecule has 1 aromatic rings. The molecule has 0 saturated heterocycles. The molecule has 0 aliphatic carbocycles. The lowest BCUT2D eigenvalue weighted by Gasteiger charge is -2.43. The standard InChI is InChI=1S/C19H32/c1-17(2,3)14-11-15-19(7,18(4,5)6)16-12-9-8-10-13-16/h8-10,12-13H,11,14-15H2,1-7H3/t19-/m1/s1. The van der Waals surface area contributed by atoms with Gasteiger partial charge in [0.05, 0.1) is 0 Å². The third-order valence-corrected chi connectivity index (χ3v) is 4.67. The average molecular weight is 260 g/mol. The summed E-state index contributed by atoms with van der Waals surface area (Å²) in [5.74, 6) is 0. The number of rotatable bonds is 4. The molecule has 0 aliphatic rings. The van der Waals surface area contributed by atoms with E-state index >= 15 is 0 Å². The van der Waals surface area contributed by atoms with Crippen LogP contribution in [0.3, 0.4) is 0 Å². The Kier molecular flexibility index (Phi) is 4.87. The Morgan fingerprint density at radius 2 is 1.26 bits per heavy atom. The first-order valence-corrected chi connectivity index (χ1v) is 7.62. The molecule has 1 rings (SSSR count). The summed E-state index contributed by atoms with van der Waals surface area (Å²) in [4.78, 5) is 0. The van der Waals surface area contributed by atoms with E-state index in [-0.39, 0.29) is 10.8 Å². The Bertz CT molecular complexity index is 375. The summed E-state index contributed by atoms with van der Waals surface area (Å²) >= 11 is 0. The minimum atomic E-state index is 0.250. The van der Waals surface area contributed by atoms with Crippen molar-refractivity contribution >= 4 is 0 Å². The highest BCUT2D eigenvalue weighted by Crippen LogP contribution is 2.45. The van der Waals surface area contributed by atoms with Crippen LogP contribution in [0.25, 0.3) is 0 Å². The second-order valence-electron chi connectivity index (χ2n) is 8.36. The summed E-state index contributed by atoms with van der Waals surface area (Å²) in [5, 5.41) is 0. The molecule has 0 fully saturated rings. The summed E-state index contributed by atoms with van der Waals surface area (Å²) in [5.41, 5.74) is 2.46. The maximum atomic E-state index is 2.44. The monoisotopic (exact) mass is 260 g/mol. The fraction of sp³-hybridized carbons (Fsp3) is 0.684. The second kappa shape index (κ2) is 5.69. The summed E-state index contributed by atoms with van der Waals surface area (Å²) in [7, 11) is 0. The van der Waals surface area contributed by atoms with E-state index < -0.39 is 0 Å². The van der Waals surface area contributed by atoms with Gasteiger partial charge in [-0.3, -0.25) is 0 Å². The number of hydrogen-bond donors (Lipinski definition) is 0. The zero-order valence-electron chi connectivity index (χ0n) is 14.0. The molecule has 19 heavy (non-hydrogen) atoms. The van der Waals surface area contributed by atoms with Crippen LogP contribution in [0.5, 0.6) is 0 Å². The topological polar surface area (TPSA) is 0 Å². The van der Waals surface area contributed by atoms with Crippen LogP contribution in [0.2, 0.25) is 0 Å². The van der Waals surface area contributed by atoms with Crippen LogP contribution < -0.4 is 0 Å². The summed E-state index contributed by atoms with van der Waals surface area (Å²) in [6.07, 6.45) is 3.86. The first kappa shape index (κ1) is 16.3. The van der Waals surface area contributed by atoms with Gasteiger partial charge in [-0.2, -0.15) is 0 Å². The van der Waals surface area contributed by atoms with Gasteiger partial charge in [-0.25, -0.2) is 0 Å². The van der Waals surface area contributed by atoms with E-state index in [2.05, 4.69) is 78.8 Å². The highest BCUT2D eigenvalue weighted by Gasteiger charge is 2.38. The molecule has 0 aromatic heterocycles. The first-order chi connectivity index (χ1) is 8.56. The van der Waals surface area contributed by atoms with Gasteiger partial charge in [0.1, 0.15) is 0 Å². The molecule has 0 unspecified atom stereocenters. The van der Waals surface area contributed by atoms with Crippen LogP contribution in [0.1, 0.15) is 73.3 Å². The van der Waals surface area contributed by atoms with Crippen molar-refractivity contribution in [3.05, 3.63) is 35.9 Å². The number of benzene rings is 1. The molecule has 1 aromatic carbocycles. The Hall–Kier alpha value is -0.780. The van der Waals surface area contributed by atoms with Crippen molar-refractivity contribution in [2.45, 2.75) is 73.1 Å². The Morgan fingerprint density at radius 3 is 1.68 bits per heavy atom. The normalized spacial score (nSPS) is 16.2. The van der Waals surface area contributed by atoms with E-state index in [1.54, 1.807) is 0 Å². The molecule has 108 valence electrons. The highest BCUT2D eigenvalue weighted by atomic mass is 14.4. The van der Waals surface area contributed by atoms with Crippen molar-refractivity contribution < 1.29 is 0 Å². The van der Waals surface area contributed by atoms with Crippen molar-refractivity contribution in [2.75, 3.05) is 0 Å². The van der Waals surface area contributed by atoms with Gasteiger partial charge < -0.3 is 0 Å². The van der Waals surface area contributed by atoms with Crippen LogP contribution in [-0.4, -0.2) is 0 Å². The Morgan fingerprint density at radius 1 is 0.737 bits per heavy atom. The van der Waals surface area contributed by atoms with Crippen LogP contribution in [0, 0.1) is 10.8 Å². The van der Waals surface area contributed by atoms with E-state index in [9.17, 15) is 0 Å². The largest absolute Gasteiger partial charge is 0.0622 e. The smallest absolute Gasteiger partial charge is 0.00268 e. The van der Waals surface area contributed by atoms with Gasteiger partial charge in [-0.05, 0) is 34.7 Å². The zero-order chi connectivity index (χ0) is 14.7. The van der Waals surface area contributed by atoms with Crippen LogP contribution in [0.4, 0.5) is 0 Å². The molecule has 0 bridgehead atoms. The first-order valence-electron chi connectivity index (χ1n) is 7.62. The third kappa shape index (κ3) is 4.37. The molecule has 0 heterocycles. The molecular formula is C19H32. The van der Waals surface area contributed by atoms with E-state index in [4.69, 9.17) is 0 Å². The fourth-order valence-corrected chi connectivity index (χ4v) is 2.73. The molecule has 0 radical (unpaired) electrons. The van der Waals surface area contributed by atoms with Crippen molar-refractivity contribution in [1.82, 2.24) is 0 Å². The van der Waals surface area contributed by atoms with Crippen molar-refractivity contribution in [3.63, 3.8) is 0 Å². The lowest BCUT2D eigenvalue weighted by Crippen LogP contribution is -2.37. The van der Waals surface area contributed by atoms with Crippen LogP contribution in [-0.2, 0) is 5.41 Å². The predicted octanol–water partition coefficient (Wildman–Crippen LogP) is 6.21. The van der Waals surface area contributed by atoms with Gasteiger partial charge in [0.25, 0.3) is 0 Å². The number of hydrogen-bond acceptors (Lipinski definition) is 0. The quantitative estimate of drug-likeness (QED) is 0.604. The van der Waals surface area contributed by atoms with Crippen molar-refractivity contribution in [2.24, 2.45) is 10.8 Å². The SMILES string of the molecule is CC(C)(C)CCC[C@](C)(c1ccccc1)C(C)(C)C. The van der Waals surface area contributed by atoms with Crippen molar-refractivity contribution in [3.8, 4) is 0 Å². The Balaban J connectivity index is 2.90. The molecule has 0 amide bonds. The lowest BCUT2D eigenvalue weighted by atomic mass is 9.61. The molecule has 0 saturated carbocycles. The third-order valence-electron chi connectivity index (χ3n) is 4.67. The average Bonchev–Trinajstić information content (AvgIpc) is 2.26. The van der Waals surface area contributed by atoms with E-state index in [0.29, 0.717) is 5.41 Å². The molecule has 0 N–H and O–H groups in total. The minimum absolute atomic E-state index is 0.250. The molecule has 1 atom stereocenters. The predicted molar refractivity (Wildman–Crippen MR) is 86.6 cm³/mol. The van der Waals surface area contributed by atoms with Gasteiger partial charge in [0.15, 0.2) is 0 Å². The van der Waals surface area contributed by atoms with Gasteiger partial charge in [-0.15, -0.1) is 0 Å². The molecular weight excluding hydrogens is 228 g/mol. The van der Waals surface area contributed by atoms with Crippen molar-refractivity contribution in [1.29, 1.82) is 0 Å². The minimum Gasteiger partial charge on any atom is -0.0622 e. The second-order valence-corrected chi connectivity index (χ2v) is 8.36. The summed E-state index contributed by atoms with van der Waals surface area (Å²) < 4.78 is 0. The van der Waals surface area contributed by atoms with Gasteiger partial charge in [-0.1, -0.05) is 85.2 Å². The van der Waals surface area contributed by atoms with Gasteiger partial charge in [0, 0.05) is 0 Å². The van der Waals surface area contributed by atoms with E-state index in [0.717, 1.165) is 0 Å². The molecule has 0 aliphatic heterocycles. The zero-order valence-corrected chi connectivity index (χ0v) is 14.0. The lowest BCUT2D eigenvalue weighted by molar-refractivity contribution is 0.176. The Labute approximate surface area is 120 Å². The van der Waals surface area contributed by atoms with E-state index in [1.165, 1.54) is 24.8 Å². The fourth-order valence-electron chi connectivity index (χ4n) is 2.73. The van der Waals surface area contributed by atoms with Crippen LogP contribution in [0.15, 0.2) is 30.3 Å². The molecule has 0 spiro atoms. The molecule has 0 nitrogen and oxygen atoms in total. The van der Waals surface area contributed by atoms with Gasteiger partial charge >= 0.3 is 0 Å². The molecule has 0 heteroatoms.